The van der Waals surface area contributed by atoms with E-state index in [4.69, 9.17) is 4.42 Å². The van der Waals surface area contributed by atoms with Gasteiger partial charge in [0.1, 0.15) is 11.3 Å². The number of benzene rings is 2. The molecule has 0 fully saturated rings. The summed E-state index contributed by atoms with van der Waals surface area (Å²) in [6.07, 6.45) is 0. The van der Waals surface area contributed by atoms with Gasteiger partial charge in [0.05, 0.1) is 11.1 Å². The summed E-state index contributed by atoms with van der Waals surface area (Å²) in [5.74, 6) is 0.967. The minimum absolute atomic E-state index is 0.0155. The third-order valence-electron chi connectivity index (χ3n) is 3.43. The third kappa shape index (κ3) is 2.38. The first-order valence-electron chi connectivity index (χ1n) is 7.05. The van der Waals surface area contributed by atoms with E-state index in [1.54, 1.807) is 6.07 Å². The van der Waals surface area contributed by atoms with Gasteiger partial charge in [0.25, 0.3) is 5.89 Å². The van der Waals surface area contributed by atoms with Crippen LogP contribution in [0.3, 0.4) is 0 Å². The molecule has 0 unspecified atom stereocenters. The van der Waals surface area contributed by atoms with E-state index < -0.39 is 0 Å². The van der Waals surface area contributed by atoms with Crippen molar-refractivity contribution in [3.63, 3.8) is 0 Å². The Morgan fingerprint density at radius 1 is 1.09 bits per heavy atom. The quantitative estimate of drug-likeness (QED) is 0.536. The number of H-pyrrole nitrogens is 1. The van der Waals surface area contributed by atoms with Crippen molar-refractivity contribution in [2.45, 2.75) is 6.92 Å². The fraction of sp³-hybridized carbons (Fsp3) is 0.0625. The van der Waals surface area contributed by atoms with Gasteiger partial charge in [0.2, 0.25) is 0 Å². The van der Waals surface area contributed by atoms with E-state index in [0.717, 1.165) is 17.0 Å². The molecule has 0 saturated heterocycles. The van der Waals surface area contributed by atoms with E-state index >= 15 is 0 Å². The summed E-state index contributed by atoms with van der Waals surface area (Å²) in [4.78, 5) is 7.33. The first kappa shape index (κ1) is 13.3. The summed E-state index contributed by atoms with van der Waals surface area (Å²) in [5, 5.41) is 21.3. The zero-order valence-electron chi connectivity index (χ0n) is 12.2. The number of aromatic hydroxyl groups is 1. The minimum atomic E-state index is 0.0155. The second kappa shape index (κ2) is 5.13. The number of para-hydroxylation sites is 1. The number of aromatic nitrogens is 4. The molecule has 4 rings (SSSR count). The molecule has 0 atom stereocenters. The first-order chi connectivity index (χ1) is 11.2. The molecule has 0 aliphatic heterocycles. The lowest BCUT2D eigenvalue weighted by atomic mass is 10.1. The summed E-state index contributed by atoms with van der Waals surface area (Å²) in [7, 11) is 0. The average Bonchev–Trinajstić information content (AvgIpc) is 3.15. The number of rotatable bonds is 3. The van der Waals surface area contributed by atoms with Crippen LogP contribution in [0.15, 0.2) is 46.9 Å². The molecule has 0 saturated carbocycles. The Morgan fingerprint density at radius 3 is 2.74 bits per heavy atom. The molecular weight excluding hydrogens is 294 g/mol. The van der Waals surface area contributed by atoms with Gasteiger partial charge in [-0.2, -0.15) is 0 Å². The highest BCUT2D eigenvalue weighted by atomic mass is 16.4. The van der Waals surface area contributed by atoms with E-state index in [1.165, 1.54) is 0 Å². The van der Waals surface area contributed by atoms with E-state index in [0.29, 0.717) is 11.1 Å². The van der Waals surface area contributed by atoms with Gasteiger partial charge in [-0.25, -0.2) is 4.98 Å². The Bertz CT molecular complexity index is 975. The summed E-state index contributed by atoms with van der Waals surface area (Å²) >= 11 is 0. The smallest absolute Gasteiger partial charge is 0.320 e. The van der Waals surface area contributed by atoms with Gasteiger partial charge in [-0.15, -0.1) is 5.10 Å². The number of phenols is 1. The Morgan fingerprint density at radius 2 is 1.91 bits per heavy atom. The van der Waals surface area contributed by atoms with Gasteiger partial charge in [-0.3, -0.25) is 0 Å². The number of fused-ring (bicyclic) bond motifs is 1. The maximum atomic E-state index is 10.4. The number of aromatic amines is 1. The molecule has 0 spiro atoms. The topological polar surface area (TPSA) is 99.9 Å². The van der Waals surface area contributed by atoms with Crippen LogP contribution in [0.5, 0.6) is 5.75 Å². The fourth-order valence-electron chi connectivity index (χ4n) is 2.38. The number of hydrogen-bond acceptors (Lipinski definition) is 6. The van der Waals surface area contributed by atoms with Crippen molar-refractivity contribution in [2.24, 2.45) is 0 Å². The van der Waals surface area contributed by atoms with Crippen molar-refractivity contribution in [2.75, 3.05) is 5.32 Å². The van der Waals surface area contributed by atoms with Gasteiger partial charge in [0.15, 0.2) is 5.75 Å². The van der Waals surface area contributed by atoms with Crippen molar-refractivity contribution in [3.8, 4) is 17.2 Å². The molecular formula is C16H13N5O2. The zero-order valence-corrected chi connectivity index (χ0v) is 12.2. The Hall–Kier alpha value is -3.35. The van der Waals surface area contributed by atoms with Crippen molar-refractivity contribution >= 4 is 22.7 Å². The molecule has 0 aliphatic carbocycles. The second-order valence-corrected chi connectivity index (χ2v) is 5.08. The summed E-state index contributed by atoms with van der Waals surface area (Å²) in [6.45, 7) is 1.83. The highest BCUT2D eigenvalue weighted by Gasteiger charge is 2.16. The highest BCUT2D eigenvalue weighted by molar-refractivity contribution is 5.88. The Balaban J connectivity index is 1.70. The third-order valence-corrected chi connectivity index (χ3v) is 3.43. The van der Waals surface area contributed by atoms with E-state index in [1.807, 2.05) is 43.3 Å². The molecule has 0 aliphatic rings. The number of hydrogen-bond donors (Lipinski definition) is 3. The van der Waals surface area contributed by atoms with Crippen LogP contribution in [0.25, 0.3) is 22.5 Å². The van der Waals surface area contributed by atoms with Gasteiger partial charge >= 0.3 is 6.01 Å². The number of imidazole rings is 1. The molecule has 0 amide bonds. The van der Waals surface area contributed by atoms with E-state index in [9.17, 15) is 5.11 Å². The normalized spacial score (nSPS) is 11.0. The highest BCUT2D eigenvalue weighted by Crippen LogP contribution is 2.34. The molecule has 2 heterocycles. The maximum Gasteiger partial charge on any atom is 0.320 e. The lowest BCUT2D eigenvalue weighted by molar-refractivity contribution is 0.478. The van der Waals surface area contributed by atoms with Crippen LogP contribution in [0.1, 0.15) is 5.82 Å². The number of aryl methyl sites for hydroxylation is 1. The number of nitrogens with one attached hydrogen (secondary N) is 2. The lowest BCUT2D eigenvalue weighted by Crippen LogP contribution is -1.88. The number of phenolic OH excluding ortho intramolecular Hbond substituents is 1. The van der Waals surface area contributed by atoms with E-state index in [-0.39, 0.29) is 17.7 Å². The lowest BCUT2D eigenvalue weighted by Gasteiger charge is -2.01. The largest absolute Gasteiger partial charge is 0.505 e. The molecule has 2 aromatic heterocycles. The van der Waals surface area contributed by atoms with E-state index in [2.05, 4.69) is 25.5 Å². The van der Waals surface area contributed by atoms with Crippen LogP contribution in [-0.4, -0.2) is 25.3 Å². The standard InChI is InChI=1S/C16H13N5O2/c1-9-17-12-8-7-11(14(22)13(12)18-9)15-20-21-16(23-15)19-10-5-3-2-4-6-10/h2-8,22H,1H3,(H,17,18)(H,19,21). The molecule has 114 valence electrons. The van der Waals surface area contributed by atoms with Crippen molar-refractivity contribution in [1.29, 1.82) is 0 Å². The van der Waals surface area contributed by atoms with Crippen LogP contribution >= 0.6 is 0 Å². The van der Waals surface area contributed by atoms with Crippen molar-refractivity contribution < 1.29 is 9.52 Å². The zero-order chi connectivity index (χ0) is 15.8. The SMILES string of the molecule is Cc1nc2c(O)c(-c3nnc(Nc4ccccc4)o3)ccc2[nH]1. The molecule has 4 aromatic rings. The number of nitrogens with zero attached hydrogens (tertiary/aromatic N) is 3. The van der Waals surface area contributed by atoms with Crippen LogP contribution in [0.2, 0.25) is 0 Å². The maximum absolute atomic E-state index is 10.4. The molecule has 7 nitrogen and oxygen atoms in total. The minimum Gasteiger partial charge on any atom is -0.505 e. The molecule has 7 heteroatoms. The van der Waals surface area contributed by atoms with Gasteiger partial charge in [0, 0.05) is 5.69 Å². The predicted molar refractivity (Wildman–Crippen MR) is 85.5 cm³/mol. The summed E-state index contributed by atoms with van der Waals surface area (Å²) < 4.78 is 5.58. The van der Waals surface area contributed by atoms with Gasteiger partial charge in [-0.1, -0.05) is 23.3 Å². The predicted octanol–water partition coefficient (Wildman–Crippen LogP) is 3.37. The molecule has 0 bridgehead atoms. The van der Waals surface area contributed by atoms with Crippen LogP contribution in [-0.2, 0) is 0 Å². The van der Waals surface area contributed by atoms with Gasteiger partial charge in [-0.05, 0) is 31.2 Å². The van der Waals surface area contributed by atoms with Crippen molar-refractivity contribution in [3.05, 3.63) is 48.3 Å². The summed E-state index contributed by atoms with van der Waals surface area (Å²) in [5.41, 5.74) is 2.52. The van der Waals surface area contributed by atoms with Crippen LogP contribution in [0.4, 0.5) is 11.7 Å². The summed E-state index contributed by atoms with van der Waals surface area (Å²) in [6, 6.07) is 13.3. The first-order valence-corrected chi connectivity index (χ1v) is 7.05. The fourth-order valence-corrected chi connectivity index (χ4v) is 2.38. The molecule has 3 N–H and O–H groups in total. The van der Waals surface area contributed by atoms with Crippen molar-refractivity contribution in [1.82, 2.24) is 20.2 Å². The molecule has 0 radical (unpaired) electrons. The Kier molecular flexibility index (Phi) is 2.97. The van der Waals surface area contributed by atoms with Crippen LogP contribution in [0, 0.1) is 6.92 Å². The second-order valence-electron chi connectivity index (χ2n) is 5.08. The molecule has 2 aromatic carbocycles. The number of anilines is 2. The monoisotopic (exact) mass is 307 g/mol. The Labute approximate surface area is 131 Å². The average molecular weight is 307 g/mol. The molecule has 23 heavy (non-hydrogen) atoms. The van der Waals surface area contributed by atoms with Crippen LogP contribution < -0.4 is 5.32 Å². The van der Waals surface area contributed by atoms with Gasteiger partial charge < -0.3 is 19.8 Å².